The van der Waals surface area contributed by atoms with Gasteiger partial charge < -0.3 is 9.84 Å². The van der Waals surface area contributed by atoms with Crippen molar-refractivity contribution < 1.29 is 14.6 Å². The highest BCUT2D eigenvalue weighted by molar-refractivity contribution is 5.69. The van der Waals surface area contributed by atoms with Crippen molar-refractivity contribution >= 4 is 5.97 Å². The van der Waals surface area contributed by atoms with Crippen LogP contribution in [0.25, 0.3) is 0 Å². The molecule has 0 bridgehead atoms. The minimum atomic E-state index is -0.345. The number of hydrogen-bond acceptors (Lipinski definition) is 3. The second kappa shape index (κ2) is 5.54. The van der Waals surface area contributed by atoms with Gasteiger partial charge in [0.1, 0.15) is 6.61 Å². The van der Waals surface area contributed by atoms with E-state index in [1.165, 1.54) is 0 Å². The van der Waals surface area contributed by atoms with Crippen LogP contribution < -0.4 is 0 Å². The van der Waals surface area contributed by atoms with E-state index in [0.717, 1.165) is 18.4 Å². The van der Waals surface area contributed by atoms with E-state index in [2.05, 4.69) is 12.2 Å². The Hall–Kier alpha value is -1.09. The molecule has 0 spiro atoms. The second-order valence-electron chi connectivity index (χ2n) is 2.89. The lowest BCUT2D eigenvalue weighted by atomic mass is 10.1. The Balaban J connectivity index is 2.22. The summed E-state index contributed by atoms with van der Waals surface area (Å²) in [5, 5.41) is 8.44. The molecule has 0 unspecified atom stereocenters. The summed E-state index contributed by atoms with van der Waals surface area (Å²) in [6.45, 7) is 0.184. The van der Waals surface area contributed by atoms with Crippen LogP contribution >= 0.6 is 0 Å². The zero-order chi connectivity index (χ0) is 9.52. The summed E-state index contributed by atoms with van der Waals surface area (Å²) in [7, 11) is 0. The van der Waals surface area contributed by atoms with Gasteiger partial charge in [-0.2, -0.15) is 0 Å². The average molecular weight is 182 g/mol. The fraction of sp³-hybridized carbons (Fsp3) is 0.500. The van der Waals surface area contributed by atoms with Crippen molar-refractivity contribution in [2.45, 2.75) is 19.3 Å². The molecular formula is C10H14O3. The van der Waals surface area contributed by atoms with E-state index >= 15 is 0 Å². The van der Waals surface area contributed by atoms with Gasteiger partial charge in [0.05, 0.1) is 13.0 Å². The van der Waals surface area contributed by atoms with Gasteiger partial charge in [-0.25, -0.2) is 0 Å². The quantitative estimate of drug-likeness (QED) is 0.664. The molecular weight excluding hydrogens is 168 g/mol. The van der Waals surface area contributed by atoms with E-state index in [9.17, 15) is 4.79 Å². The maximum absolute atomic E-state index is 10.9. The van der Waals surface area contributed by atoms with E-state index in [1.807, 2.05) is 6.08 Å². The Morgan fingerprint density at radius 2 is 2.38 bits per heavy atom. The van der Waals surface area contributed by atoms with Crippen LogP contribution in [0.3, 0.4) is 0 Å². The van der Waals surface area contributed by atoms with Gasteiger partial charge in [0, 0.05) is 0 Å². The predicted octanol–water partition coefficient (Wildman–Crippen LogP) is 1.19. The molecule has 1 rings (SSSR count). The first-order chi connectivity index (χ1) is 6.33. The number of ether oxygens (including phenoxy) is 1. The molecule has 3 nitrogen and oxygen atoms in total. The minimum Gasteiger partial charge on any atom is -0.461 e. The van der Waals surface area contributed by atoms with Crippen LogP contribution in [-0.4, -0.2) is 24.3 Å². The zero-order valence-electron chi connectivity index (χ0n) is 7.53. The summed E-state index contributed by atoms with van der Waals surface area (Å²) < 4.78 is 4.90. The smallest absolute Gasteiger partial charge is 0.308 e. The van der Waals surface area contributed by atoms with Crippen molar-refractivity contribution in [3.05, 3.63) is 23.8 Å². The molecule has 0 amide bonds. The molecule has 0 fully saturated rings. The van der Waals surface area contributed by atoms with Crippen LogP contribution in [0.15, 0.2) is 23.8 Å². The number of carbonyl (C=O) groups excluding carboxylic acids is 1. The molecule has 0 radical (unpaired) electrons. The van der Waals surface area contributed by atoms with Crippen molar-refractivity contribution in [1.29, 1.82) is 0 Å². The first kappa shape index (κ1) is 9.99. The van der Waals surface area contributed by atoms with Crippen molar-refractivity contribution in [2.24, 2.45) is 0 Å². The monoisotopic (exact) mass is 182 g/mol. The van der Waals surface area contributed by atoms with E-state index in [0.29, 0.717) is 6.61 Å². The van der Waals surface area contributed by atoms with Crippen molar-refractivity contribution in [3.8, 4) is 0 Å². The standard InChI is InChI=1S/C10H14O3/c11-7-6-10(12)13-8-9-4-2-1-3-5-9/h2,4-5,11H,1,3,6-8H2. The molecule has 13 heavy (non-hydrogen) atoms. The number of allylic oxidation sites excluding steroid dienone is 2. The highest BCUT2D eigenvalue weighted by Crippen LogP contribution is 2.09. The van der Waals surface area contributed by atoms with Gasteiger partial charge >= 0.3 is 5.97 Å². The molecule has 1 aliphatic rings. The molecule has 0 heterocycles. The summed E-state index contributed by atoms with van der Waals surface area (Å²) in [6, 6.07) is 0. The van der Waals surface area contributed by atoms with Crippen molar-refractivity contribution in [2.75, 3.05) is 13.2 Å². The first-order valence-electron chi connectivity index (χ1n) is 4.45. The Morgan fingerprint density at radius 1 is 1.54 bits per heavy atom. The third-order valence-corrected chi connectivity index (χ3v) is 1.79. The number of aliphatic hydroxyl groups excluding tert-OH is 1. The van der Waals surface area contributed by atoms with E-state index in [4.69, 9.17) is 9.84 Å². The third kappa shape index (κ3) is 3.90. The van der Waals surface area contributed by atoms with E-state index < -0.39 is 0 Å². The molecule has 0 saturated carbocycles. The van der Waals surface area contributed by atoms with E-state index in [1.54, 1.807) is 0 Å². The van der Waals surface area contributed by atoms with Crippen LogP contribution in [-0.2, 0) is 9.53 Å². The Labute approximate surface area is 77.7 Å². The van der Waals surface area contributed by atoms with Crippen LogP contribution in [0, 0.1) is 0 Å². The highest BCUT2D eigenvalue weighted by Gasteiger charge is 2.03. The molecule has 0 aromatic heterocycles. The van der Waals surface area contributed by atoms with Gasteiger partial charge in [-0.15, -0.1) is 0 Å². The highest BCUT2D eigenvalue weighted by atomic mass is 16.5. The van der Waals surface area contributed by atoms with Gasteiger partial charge in [0.25, 0.3) is 0 Å². The van der Waals surface area contributed by atoms with Gasteiger partial charge in [0.15, 0.2) is 0 Å². The minimum absolute atomic E-state index is 0.0804. The Bertz CT molecular complexity index is 228. The molecule has 3 heteroatoms. The fourth-order valence-corrected chi connectivity index (χ4v) is 1.10. The summed E-state index contributed by atoms with van der Waals surface area (Å²) in [4.78, 5) is 10.9. The Morgan fingerprint density at radius 3 is 3.00 bits per heavy atom. The van der Waals surface area contributed by atoms with Crippen molar-refractivity contribution in [1.82, 2.24) is 0 Å². The van der Waals surface area contributed by atoms with Crippen LogP contribution in [0.2, 0.25) is 0 Å². The van der Waals surface area contributed by atoms with Gasteiger partial charge in [-0.3, -0.25) is 4.79 Å². The summed E-state index contributed by atoms with van der Waals surface area (Å²) in [5.74, 6) is -0.345. The largest absolute Gasteiger partial charge is 0.461 e. The lowest BCUT2D eigenvalue weighted by molar-refractivity contribution is -0.143. The molecule has 0 saturated heterocycles. The number of carbonyl (C=O) groups is 1. The SMILES string of the molecule is O=C(CCO)OCC1=CCCC=C1. The maximum atomic E-state index is 10.9. The topological polar surface area (TPSA) is 46.5 Å². The van der Waals surface area contributed by atoms with Gasteiger partial charge in [0.2, 0.25) is 0 Å². The zero-order valence-corrected chi connectivity index (χ0v) is 7.53. The average Bonchev–Trinajstić information content (AvgIpc) is 2.17. The Kier molecular flexibility index (Phi) is 4.26. The molecule has 1 N–H and O–H groups in total. The summed E-state index contributed by atoms with van der Waals surface area (Å²) in [6.07, 6.45) is 8.26. The third-order valence-electron chi connectivity index (χ3n) is 1.79. The number of hydrogen-bond donors (Lipinski definition) is 1. The predicted molar refractivity (Wildman–Crippen MR) is 49.1 cm³/mol. The van der Waals surface area contributed by atoms with Crippen LogP contribution in [0.4, 0.5) is 0 Å². The van der Waals surface area contributed by atoms with Crippen LogP contribution in [0.1, 0.15) is 19.3 Å². The van der Waals surface area contributed by atoms with Crippen molar-refractivity contribution in [3.63, 3.8) is 0 Å². The molecule has 0 aliphatic heterocycles. The number of rotatable bonds is 4. The molecule has 1 aliphatic carbocycles. The van der Waals surface area contributed by atoms with Gasteiger partial charge in [-0.1, -0.05) is 18.2 Å². The normalized spacial score (nSPS) is 15.3. The molecule has 0 aromatic rings. The molecule has 72 valence electrons. The maximum Gasteiger partial charge on any atom is 0.308 e. The molecule has 0 atom stereocenters. The lowest BCUT2D eigenvalue weighted by Crippen LogP contribution is -2.08. The summed E-state index contributed by atoms with van der Waals surface area (Å²) >= 11 is 0. The lowest BCUT2D eigenvalue weighted by Gasteiger charge is -2.07. The number of esters is 1. The second-order valence-corrected chi connectivity index (χ2v) is 2.89. The summed E-state index contributed by atoms with van der Waals surface area (Å²) in [5.41, 5.74) is 1.04. The molecule has 0 aromatic carbocycles. The first-order valence-corrected chi connectivity index (χ1v) is 4.45. The fourth-order valence-electron chi connectivity index (χ4n) is 1.10. The van der Waals surface area contributed by atoms with Gasteiger partial charge in [-0.05, 0) is 18.4 Å². The number of aliphatic hydroxyl groups is 1. The van der Waals surface area contributed by atoms with Crippen LogP contribution in [0.5, 0.6) is 0 Å². The van der Waals surface area contributed by atoms with E-state index in [-0.39, 0.29) is 19.0 Å².